The SMILES string of the molecule is O=C(c1cccc(F)c1)N1CCN(S(=O)(=O)c2ccc(OC(F)(F)F)cc2)CC1. The maximum atomic E-state index is 13.3. The molecular weight excluding hydrogens is 416 g/mol. The molecule has 0 saturated carbocycles. The lowest BCUT2D eigenvalue weighted by atomic mass is 10.2. The molecule has 0 atom stereocenters. The van der Waals surface area contributed by atoms with Crippen LogP contribution in [0.2, 0.25) is 0 Å². The Labute approximate surface area is 164 Å². The summed E-state index contributed by atoms with van der Waals surface area (Å²) in [5.41, 5.74) is 0.168. The zero-order valence-corrected chi connectivity index (χ0v) is 15.7. The Morgan fingerprint density at radius 3 is 2.14 bits per heavy atom. The van der Waals surface area contributed by atoms with Gasteiger partial charge in [0.2, 0.25) is 10.0 Å². The van der Waals surface area contributed by atoms with E-state index in [1.165, 1.54) is 23.1 Å². The maximum Gasteiger partial charge on any atom is 0.573 e. The minimum atomic E-state index is -4.87. The van der Waals surface area contributed by atoms with E-state index in [1.54, 1.807) is 0 Å². The van der Waals surface area contributed by atoms with Gasteiger partial charge in [-0.25, -0.2) is 12.8 Å². The summed E-state index contributed by atoms with van der Waals surface area (Å²) in [6.45, 7) is 0.210. The van der Waals surface area contributed by atoms with Gasteiger partial charge in [0.1, 0.15) is 11.6 Å². The molecule has 11 heteroatoms. The summed E-state index contributed by atoms with van der Waals surface area (Å²) in [7, 11) is -3.94. The highest BCUT2D eigenvalue weighted by atomic mass is 32.2. The monoisotopic (exact) mass is 432 g/mol. The number of hydrogen-bond donors (Lipinski definition) is 0. The maximum absolute atomic E-state index is 13.3. The van der Waals surface area contributed by atoms with Crippen LogP contribution in [0.15, 0.2) is 53.4 Å². The van der Waals surface area contributed by atoms with Gasteiger partial charge in [0, 0.05) is 31.7 Å². The molecule has 0 unspecified atom stereocenters. The normalized spacial score (nSPS) is 15.9. The van der Waals surface area contributed by atoms with Gasteiger partial charge in [0.05, 0.1) is 4.90 Å². The number of sulfonamides is 1. The first-order valence-corrected chi connectivity index (χ1v) is 9.91. The van der Waals surface area contributed by atoms with Crippen molar-refractivity contribution in [1.82, 2.24) is 9.21 Å². The molecule has 0 N–H and O–H groups in total. The number of amides is 1. The molecule has 29 heavy (non-hydrogen) atoms. The van der Waals surface area contributed by atoms with Crippen molar-refractivity contribution in [2.24, 2.45) is 0 Å². The van der Waals surface area contributed by atoms with Gasteiger partial charge < -0.3 is 9.64 Å². The third-order valence-electron chi connectivity index (χ3n) is 4.29. The van der Waals surface area contributed by atoms with Crippen LogP contribution in [0.3, 0.4) is 0 Å². The molecule has 1 aliphatic heterocycles. The summed E-state index contributed by atoms with van der Waals surface area (Å²) in [5, 5.41) is 0. The minimum absolute atomic E-state index is 0.00416. The first kappa shape index (κ1) is 21.1. The molecule has 156 valence electrons. The number of carbonyl (C=O) groups is 1. The zero-order valence-electron chi connectivity index (χ0n) is 14.9. The van der Waals surface area contributed by atoms with Crippen LogP contribution in [-0.2, 0) is 10.0 Å². The Hall–Kier alpha value is -2.66. The van der Waals surface area contributed by atoms with Crippen LogP contribution in [0.1, 0.15) is 10.4 Å². The van der Waals surface area contributed by atoms with Crippen molar-refractivity contribution >= 4 is 15.9 Å². The van der Waals surface area contributed by atoms with Gasteiger partial charge >= 0.3 is 6.36 Å². The van der Waals surface area contributed by atoms with E-state index >= 15 is 0 Å². The van der Waals surface area contributed by atoms with E-state index in [1.807, 2.05) is 0 Å². The average molecular weight is 432 g/mol. The molecule has 1 fully saturated rings. The van der Waals surface area contributed by atoms with Crippen LogP contribution >= 0.6 is 0 Å². The van der Waals surface area contributed by atoms with Gasteiger partial charge in [-0.2, -0.15) is 4.31 Å². The smallest absolute Gasteiger partial charge is 0.406 e. The summed E-state index contributed by atoms with van der Waals surface area (Å²) < 4.78 is 80.2. The Balaban J connectivity index is 1.66. The molecule has 1 amide bonds. The molecule has 0 bridgehead atoms. The largest absolute Gasteiger partial charge is 0.573 e. The van der Waals surface area contributed by atoms with E-state index < -0.39 is 33.9 Å². The Morgan fingerprint density at radius 2 is 1.59 bits per heavy atom. The van der Waals surface area contributed by atoms with Crippen LogP contribution in [0, 0.1) is 5.82 Å². The summed E-state index contributed by atoms with van der Waals surface area (Å²) in [6.07, 6.45) is -4.87. The number of rotatable bonds is 4. The second kappa shape index (κ2) is 7.99. The fraction of sp³-hybridized carbons (Fsp3) is 0.278. The van der Waals surface area contributed by atoms with Crippen molar-refractivity contribution in [3.05, 3.63) is 59.9 Å². The van der Waals surface area contributed by atoms with E-state index in [9.17, 15) is 30.8 Å². The standard InChI is InChI=1S/C18H16F4N2O4S/c19-14-3-1-2-13(12-14)17(25)23-8-10-24(11-9-23)29(26,27)16-6-4-15(5-7-16)28-18(20,21)22/h1-7,12H,8-11H2. The predicted molar refractivity (Wildman–Crippen MR) is 94.2 cm³/mol. The average Bonchev–Trinajstić information content (AvgIpc) is 2.67. The van der Waals surface area contributed by atoms with E-state index in [-0.39, 0.29) is 36.6 Å². The number of alkyl halides is 3. The first-order chi connectivity index (χ1) is 13.6. The van der Waals surface area contributed by atoms with Crippen molar-refractivity contribution < 1.29 is 35.5 Å². The van der Waals surface area contributed by atoms with Gasteiger partial charge in [-0.3, -0.25) is 4.79 Å². The van der Waals surface area contributed by atoms with Crippen molar-refractivity contribution in [2.75, 3.05) is 26.2 Å². The third-order valence-corrected chi connectivity index (χ3v) is 6.21. The van der Waals surface area contributed by atoms with Crippen LogP contribution in [0.4, 0.5) is 17.6 Å². The number of hydrogen-bond acceptors (Lipinski definition) is 4. The molecule has 0 radical (unpaired) electrons. The number of halogens is 4. The Morgan fingerprint density at radius 1 is 0.966 bits per heavy atom. The first-order valence-electron chi connectivity index (χ1n) is 8.47. The molecular formula is C18H16F4N2O4S. The topological polar surface area (TPSA) is 66.9 Å². The summed E-state index contributed by atoms with van der Waals surface area (Å²) >= 11 is 0. The second-order valence-electron chi connectivity index (χ2n) is 6.23. The lowest BCUT2D eigenvalue weighted by molar-refractivity contribution is -0.274. The fourth-order valence-electron chi connectivity index (χ4n) is 2.90. The van der Waals surface area contributed by atoms with Crippen LogP contribution in [0.5, 0.6) is 5.75 Å². The van der Waals surface area contributed by atoms with E-state index in [4.69, 9.17) is 0 Å². The highest BCUT2D eigenvalue weighted by molar-refractivity contribution is 7.89. The van der Waals surface area contributed by atoms with Crippen molar-refractivity contribution in [3.63, 3.8) is 0 Å². The quantitative estimate of drug-likeness (QED) is 0.697. The molecule has 2 aromatic carbocycles. The molecule has 1 aliphatic rings. The number of piperazine rings is 1. The van der Waals surface area contributed by atoms with Crippen molar-refractivity contribution in [2.45, 2.75) is 11.3 Å². The molecule has 3 rings (SSSR count). The Bertz CT molecular complexity index is 986. The van der Waals surface area contributed by atoms with Gasteiger partial charge in [-0.1, -0.05) is 6.07 Å². The van der Waals surface area contributed by atoms with E-state index in [0.717, 1.165) is 34.6 Å². The highest BCUT2D eigenvalue weighted by Gasteiger charge is 2.32. The molecule has 0 aliphatic carbocycles. The molecule has 0 aromatic heterocycles. The summed E-state index contributed by atoms with van der Waals surface area (Å²) in [5.74, 6) is -1.48. The number of benzene rings is 2. The van der Waals surface area contributed by atoms with Crippen molar-refractivity contribution in [3.8, 4) is 5.75 Å². The molecule has 2 aromatic rings. The number of ether oxygens (including phenoxy) is 1. The van der Waals surface area contributed by atoms with Gasteiger partial charge in [0.15, 0.2) is 0 Å². The van der Waals surface area contributed by atoms with Gasteiger partial charge in [-0.05, 0) is 42.5 Å². The molecule has 1 heterocycles. The lowest BCUT2D eigenvalue weighted by Gasteiger charge is -2.34. The Kier molecular flexibility index (Phi) is 5.80. The number of nitrogens with zero attached hydrogens (tertiary/aromatic N) is 2. The van der Waals surface area contributed by atoms with Crippen molar-refractivity contribution in [1.29, 1.82) is 0 Å². The predicted octanol–water partition coefficient (Wildman–Crippen LogP) is 2.87. The van der Waals surface area contributed by atoms with Gasteiger partial charge in [-0.15, -0.1) is 13.2 Å². The van der Waals surface area contributed by atoms with Crippen LogP contribution in [0.25, 0.3) is 0 Å². The van der Waals surface area contributed by atoms with Gasteiger partial charge in [0.25, 0.3) is 5.91 Å². The zero-order chi connectivity index (χ0) is 21.2. The highest BCUT2D eigenvalue weighted by Crippen LogP contribution is 2.25. The number of carbonyl (C=O) groups excluding carboxylic acids is 1. The van der Waals surface area contributed by atoms with E-state index in [2.05, 4.69) is 4.74 Å². The third kappa shape index (κ3) is 5.04. The molecule has 0 spiro atoms. The summed E-state index contributed by atoms with van der Waals surface area (Å²) in [6, 6.07) is 9.10. The second-order valence-corrected chi connectivity index (χ2v) is 8.16. The lowest BCUT2D eigenvalue weighted by Crippen LogP contribution is -2.50. The molecule has 1 saturated heterocycles. The summed E-state index contributed by atoms with van der Waals surface area (Å²) in [4.78, 5) is 13.6. The van der Waals surface area contributed by atoms with E-state index in [0.29, 0.717) is 0 Å². The fourth-order valence-corrected chi connectivity index (χ4v) is 4.32. The van der Waals surface area contributed by atoms with Crippen LogP contribution in [-0.4, -0.2) is 56.1 Å². The van der Waals surface area contributed by atoms with Crippen LogP contribution < -0.4 is 4.74 Å². The molecule has 6 nitrogen and oxygen atoms in total. The minimum Gasteiger partial charge on any atom is -0.406 e.